The number of methoxy groups -OCH3 is 1. The second kappa shape index (κ2) is 8.65. The third-order valence-electron chi connectivity index (χ3n) is 5.46. The lowest BCUT2D eigenvalue weighted by Gasteiger charge is -2.31. The van der Waals surface area contributed by atoms with Gasteiger partial charge in [-0.2, -0.15) is 0 Å². The lowest BCUT2D eigenvalue weighted by atomic mass is 10.1. The SMILES string of the molecule is COc1ccc(/C=C2\C(=O)C=CC2O[Si](C)(c2ccccc2)c2ccccc2)cc1. The Hall–Kier alpha value is -3.21. The van der Waals surface area contributed by atoms with Crippen LogP contribution in [0.5, 0.6) is 5.75 Å². The molecule has 1 unspecified atom stereocenters. The summed E-state index contributed by atoms with van der Waals surface area (Å²) < 4.78 is 12.0. The molecule has 1 atom stereocenters. The third kappa shape index (κ3) is 4.06. The summed E-state index contributed by atoms with van der Waals surface area (Å²) in [4.78, 5) is 12.6. The molecule has 150 valence electrons. The smallest absolute Gasteiger partial charge is 0.254 e. The average Bonchev–Trinajstić information content (AvgIpc) is 3.14. The minimum absolute atomic E-state index is 0.00621. The fraction of sp³-hybridized carbons (Fsp3) is 0.115. The number of allylic oxidation sites excluding steroid dienone is 1. The molecule has 4 rings (SSSR count). The molecule has 0 heterocycles. The van der Waals surface area contributed by atoms with Crippen LogP contribution in [0.3, 0.4) is 0 Å². The minimum Gasteiger partial charge on any atom is -0.497 e. The molecule has 3 aromatic rings. The molecule has 30 heavy (non-hydrogen) atoms. The molecule has 0 aromatic heterocycles. The molecular formula is C26H24O3Si. The Morgan fingerprint density at radius 2 is 1.40 bits per heavy atom. The van der Waals surface area contributed by atoms with Crippen molar-refractivity contribution in [2.24, 2.45) is 0 Å². The molecule has 3 nitrogen and oxygen atoms in total. The van der Waals surface area contributed by atoms with E-state index in [0.717, 1.165) is 11.3 Å². The van der Waals surface area contributed by atoms with Gasteiger partial charge in [-0.25, -0.2) is 0 Å². The summed E-state index contributed by atoms with van der Waals surface area (Å²) in [5, 5.41) is 2.35. The van der Waals surface area contributed by atoms with E-state index in [1.807, 2.05) is 72.8 Å². The zero-order chi connectivity index (χ0) is 21.0. The van der Waals surface area contributed by atoms with Crippen LogP contribution in [-0.4, -0.2) is 27.3 Å². The Morgan fingerprint density at radius 1 is 0.833 bits per heavy atom. The van der Waals surface area contributed by atoms with Gasteiger partial charge in [-0.1, -0.05) is 72.8 Å². The van der Waals surface area contributed by atoms with Gasteiger partial charge < -0.3 is 9.16 Å². The first kappa shape index (κ1) is 20.1. The summed E-state index contributed by atoms with van der Waals surface area (Å²) in [7, 11) is -0.895. The topological polar surface area (TPSA) is 35.5 Å². The Balaban J connectivity index is 1.70. The van der Waals surface area contributed by atoms with Crippen LogP contribution in [-0.2, 0) is 9.22 Å². The number of carbonyl (C=O) groups excluding carboxylic acids is 1. The number of carbonyl (C=O) groups is 1. The molecular weight excluding hydrogens is 388 g/mol. The van der Waals surface area contributed by atoms with Crippen LogP contribution in [0.1, 0.15) is 5.56 Å². The van der Waals surface area contributed by atoms with Gasteiger partial charge in [0.2, 0.25) is 0 Å². The van der Waals surface area contributed by atoms with Gasteiger partial charge in [-0.3, -0.25) is 4.79 Å². The first-order chi connectivity index (χ1) is 14.6. The van der Waals surface area contributed by atoms with Crippen LogP contribution < -0.4 is 15.1 Å². The van der Waals surface area contributed by atoms with Crippen molar-refractivity contribution in [2.75, 3.05) is 7.11 Å². The fourth-order valence-electron chi connectivity index (χ4n) is 3.72. The summed E-state index contributed by atoms with van der Waals surface area (Å²) in [5.74, 6) is 0.780. The Morgan fingerprint density at radius 3 is 1.93 bits per heavy atom. The number of hydrogen-bond donors (Lipinski definition) is 0. The highest BCUT2D eigenvalue weighted by Gasteiger charge is 2.39. The van der Waals surface area contributed by atoms with Gasteiger partial charge in [0.1, 0.15) is 5.75 Å². The molecule has 0 spiro atoms. The number of rotatable bonds is 6. The normalized spacial score (nSPS) is 17.5. The molecule has 0 N–H and O–H groups in total. The molecule has 4 heteroatoms. The summed E-state index contributed by atoms with van der Waals surface area (Å²) in [6, 6.07) is 28.3. The molecule has 0 saturated carbocycles. The highest BCUT2D eigenvalue weighted by Crippen LogP contribution is 2.25. The quantitative estimate of drug-likeness (QED) is 0.454. The highest BCUT2D eigenvalue weighted by atomic mass is 28.4. The first-order valence-corrected chi connectivity index (χ1v) is 12.4. The first-order valence-electron chi connectivity index (χ1n) is 9.97. The van der Waals surface area contributed by atoms with E-state index >= 15 is 0 Å². The van der Waals surface area contributed by atoms with E-state index in [1.54, 1.807) is 13.2 Å². The second-order valence-electron chi connectivity index (χ2n) is 7.40. The van der Waals surface area contributed by atoms with Gasteiger partial charge >= 0.3 is 0 Å². The number of ether oxygens (including phenoxy) is 1. The van der Waals surface area contributed by atoms with Crippen LogP contribution in [0.15, 0.2) is 103 Å². The summed E-state index contributed by atoms with van der Waals surface area (Å²) in [5.41, 5.74) is 1.60. The number of benzene rings is 3. The van der Waals surface area contributed by atoms with E-state index in [0.29, 0.717) is 5.57 Å². The maximum Gasteiger partial charge on any atom is 0.254 e. The number of ketones is 1. The largest absolute Gasteiger partial charge is 0.497 e. The van der Waals surface area contributed by atoms with Gasteiger partial charge in [0.25, 0.3) is 8.32 Å². The molecule has 1 aliphatic carbocycles. The summed E-state index contributed by atoms with van der Waals surface area (Å²) in [6.07, 6.45) is 5.02. The van der Waals surface area contributed by atoms with Gasteiger partial charge in [-0.15, -0.1) is 0 Å². The molecule has 0 amide bonds. The number of hydrogen-bond acceptors (Lipinski definition) is 3. The molecule has 0 saturated heterocycles. The molecule has 0 aliphatic heterocycles. The lowest BCUT2D eigenvalue weighted by Crippen LogP contribution is -2.59. The van der Waals surface area contributed by atoms with Crippen molar-refractivity contribution in [2.45, 2.75) is 12.7 Å². The van der Waals surface area contributed by atoms with Crippen LogP contribution in [0.4, 0.5) is 0 Å². The van der Waals surface area contributed by atoms with Crippen molar-refractivity contribution in [3.8, 4) is 5.75 Å². The van der Waals surface area contributed by atoms with E-state index in [2.05, 4.69) is 30.8 Å². The fourth-order valence-corrected chi connectivity index (χ4v) is 6.70. The predicted octanol–water partition coefficient (Wildman–Crippen LogP) is 3.99. The van der Waals surface area contributed by atoms with Crippen molar-refractivity contribution >= 4 is 30.6 Å². The third-order valence-corrected chi connectivity index (χ3v) is 9.06. The second-order valence-corrected chi connectivity index (χ2v) is 10.9. The monoisotopic (exact) mass is 412 g/mol. The Bertz CT molecular complexity index is 1030. The van der Waals surface area contributed by atoms with Gasteiger partial charge in [0, 0.05) is 5.57 Å². The van der Waals surface area contributed by atoms with Crippen molar-refractivity contribution in [3.63, 3.8) is 0 Å². The predicted molar refractivity (Wildman–Crippen MR) is 124 cm³/mol. The molecule has 3 aromatic carbocycles. The van der Waals surface area contributed by atoms with Crippen molar-refractivity contribution in [1.82, 2.24) is 0 Å². The molecule has 0 fully saturated rings. The van der Waals surface area contributed by atoms with E-state index in [9.17, 15) is 4.79 Å². The van der Waals surface area contributed by atoms with Crippen LogP contribution in [0, 0.1) is 0 Å². The van der Waals surface area contributed by atoms with Crippen molar-refractivity contribution in [1.29, 1.82) is 0 Å². The lowest BCUT2D eigenvalue weighted by molar-refractivity contribution is -0.111. The Kier molecular flexibility index (Phi) is 5.79. The standard InChI is InChI=1S/C26H24O3Si/c1-28-21-15-13-20(14-16-21)19-24-25(27)17-18-26(24)29-30(2,22-9-5-3-6-10-22)23-11-7-4-8-12-23/h3-19,26H,1-2H3/b24-19+. The van der Waals surface area contributed by atoms with E-state index < -0.39 is 8.32 Å². The zero-order valence-electron chi connectivity index (χ0n) is 17.1. The summed E-state index contributed by atoms with van der Waals surface area (Å²) >= 11 is 0. The Labute approximate surface area is 178 Å². The van der Waals surface area contributed by atoms with Gasteiger partial charge in [-0.05, 0) is 52.8 Å². The van der Waals surface area contributed by atoms with Crippen molar-refractivity contribution in [3.05, 3.63) is 108 Å². The molecule has 0 bridgehead atoms. The summed E-state index contributed by atoms with van der Waals surface area (Å²) in [6.45, 7) is 2.19. The highest BCUT2D eigenvalue weighted by molar-refractivity contribution is 6.96. The van der Waals surface area contributed by atoms with E-state index in [1.165, 1.54) is 10.4 Å². The minimum atomic E-state index is -2.53. The van der Waals surface area contributed by atoms with Gasteiger partial charge in [0.05, 0.1) is 13.2 Å². The molecule has 1 aliphatic rings. The maximum absolute atomic E-state index is 12.6. The maximum atomic E-state index is 12.6. The molecule has 0 radical (unpaired) electrons. The van der Waals surface area contributed by atoms with Gasteiger partial charge in [0.15, 0.2) is 5.78 Å². The van der Waals surface area contributed by atoms with Crippen LogP contribution in [0.2, 0.25) is 6.55 Å². The zero-order valence-corrected chi connectivity index (χ0v) is 18.1. The van der Waals surface area contributed by atoms with Crippen molar-refractivity contribution < 1.29 is 14.0 Å². The van der Waals surface area contributed by atoms with E-state index in [-0.39, 0.29) is 11.9 Å². The van der Waals surface area contributed by atoms with Crippen LogP contribution >= 0.6 is 0 Å². The van der Waals surface area contributed by atoms with Crippen LogP contribution in [0.25, 0.3) is 6.08 Å². The average molecular weight is 413 g/mol. The van der Waals surface area contributed by atoms with E-state index in [4.69, 9.17) is 9.16 Å².